The molecule has 0 spiro atoms. The Morgan fingerprint density at radius 3 is 1.21 bits per heavy atom. The second-order valence-electron chi connectivity index (χ2n) is 23.2. The zero-order valence-electron chi connectivity index (χ0n) is 52.8. The lowest BCUT2D eigenvalue weighted by atomic mass is 10.0. The first kappa shape index (κ1) is 76.9. The highest BCUT2D eigenvalue weighted by Gasteiger charge is 2.27. The molecule has 3 unspecified atom stereocenters. The topological polar surface area (TPSA) is 114 Å². The number of carbonyl (C=O) groups excluding carboxylic acids is 2. The summed E-state index contributed by atoms with van der Waals surface area (Å²) in [5.41, 5.74) is 0. The Labute approximate surface area is 494 Å². The van der Waals surface area contributed by atoms with Gasteiger partial charge in [0.05, 0.1) is 33.8 Å². The summed E-state index contributed by atoms with van der Waals surface area (Å²) in [4.78, 5) is 40.1. The highest BCUT2D eigenvalue weighted by Crippen LogP contribution is 2.38. The summed E-state index contributed by atoms with van der Waals surface area (Å²) >= 11 is 0. The van der Waals surface area contributed by atoms with Gasteiger partial charge in [-0.15, -0.1) is 0 Å². The summed E-state index contributed by atoms with van der Waals surface area (Å²) in [5, 5.41) is 3.03. The molecule has 0 radical (unpaired) electrons. The number of likely N-dealkylation sites (N-methyl/N-ethyl adjacent to an activating group) is 1. The van der Waals surface area contributed by atoms with Crippen LogP contribution in [0.4, 0.5) is 0 Å². The Morgan fingerprint density at radius 2 is 0.800 bits per heavy atom. The van der Waals surface area contributed by atoms with E-state index in [1.165, 1.54) is 135 Å². The van der Waals surface area contributed by atoms with Crippen molar-refractivity contribution in [2.75, 3.05) is 40.9 Å². The van der Waals surface area contributed by atoms with Crippen LogP contribution < -0.4 is 10.2 Å². The standard InChI is InChI=1S/C70H125N2O7P/c1-7-10-13-16-19-22-25-28-30-32-34-35-36-37-39-41-43-45-48-51-54-57-60-63-70(74)79-68(61-58-55-52-49-46-27-24-21-18-15-12-9-3)67(66-78-80(75,76)77-65-64-72(4,5)6)71-69(73)62-59-56-53-50-47-44-42-40-38-33-31-29-26-23-20-17-14-11-8-2/h10,13,19,22,28-31,34-35,37,39,43,45,58,61,67-68H,7-9,11-12,14-18,20-21,23-27,32-33,36,38,40-42,44,46-57,59-60,62-66H2,1-6H3,(H-,71,73,75,76)/b13-10-,22-19-,30-28-,31-29+,35-34-,39-37-,45-43-,61-58+. The molecular weight excluding hydrogens is 1010 g/mol. The quantitative estimate of drug-likeness (QED) is 0.0212. The Balaban J connectivity index is 5.24. The molecule has 0 saturated carbocycles. The van der Waals surface area contributed by atoms with Gasteiger partial charge in [0, 0.05) is 12.8 Å². The summed E-state index contributed by atoms with van der Waals surface area (Å²) in [5.74, 6) is -0.572. The van der Waals surface area contributed by atoms with Crippen molar-refractivity contribution in [2.24, 2.45) is 0 Å². The number of amides is 1. The van der Waals surface area contributed by atoms with Crippen LogP contribution in [-0.4, -0.2) is 69.4 Å². The lowest BCUT2D eigenvalue weighted by molar-refractivity contribution is -0.870. The van der Waals surface area contributed by atoms with E-state index in [1.807, 2.05) is 33.3 Å². The summed E-state index contributed by atoms with van der Waals surface area (Å²) < 4.78 is 30.4. The van der Waals surface area contributed by atoms with Crippen molar-refractivity contribution in [1.29, 1.82) is 0 Å². The molecule has 1 amide bonds. The number of unbranched alkanes of at least 4 members (excludes halogenated alkanes) is 29. The van der Waals surface area contributed by atoms with Crippen LogP contribution in [0.1, 0.15) is 284 Å². The number of phosphoric ester groups is 1. The molecule has 0 bridgehead atoms. The van der Waals surface area contributed by atoms with Gasteiger partial charge in [0.1, 0.15) is 19.3 Å². The summed E-state index contributed by atoms with van der Waals surface area (Å²) in [6.07, 6.45) is 79.4. The van der Waals surface area contributed by atoms with E-state index >= 15 is 0 Å². The van der Waals surface area contributed by atoms with E-state index in [4.69, 9.17) is 13.8 Å². The molecule has 0 saturated heterocycles. The molecule has 0 rings (SSSR count). The number of allylic oxidation sites excluding steroid dienone is 15. The first-order chi connectivity index (χ1) is 38.9. The Morgan fingerprint density at radius 1 is 0.450 bits per heavy atom. The molecule has 0 aromatic carbocycles. The predicted octanol–water partition coefficient (Wildman–Crippen LogP) is 20.1. The van der Waals surface area contributed by atoms with Gasteiger partial charge < -0.3 is 28.5 Å². The van der Waals surface area contributed by atoms with E-state index in [0.717, 1.165) is 109 Å². The smallest absolute Gasteiger partial charge is 0.306 e. The first-order valence-corrected chi connectivity index (χ1v) is 34.5. The number of esters is 1. The third kappa shape index (κ3) is 59.5. The maximum absolute atomic E-state index is 13.6. The fraction of sp³-hybridized carbons (Fsp3) is 0.743. The lowest BCUT2D eigenvalue weighted by Gasteiger charge is -2.30. The fourth-order valence-corrected chi connectivity index (χ4v) is 9.89. The molecule has 0 aromatic rings. The minimum absolute atomic E-state index is 0.0309. The van der Waals surface area contributed by atoms with Crippen LogP contribution in [0.3, 0.4) is 0 Å². The number of hydrogen-bond acceptors (Lipinski definition) is 7. The molecule has 9 nitrogen and oxygen atoms in total. The molecule has 10 heteroatoms. The number of phosphoric acid groups is 1. The van der Waals surface area contributed by atoms with Crippen molar-refractivity contribution in [3.8, 4) is 0 Å². The van der Waals surface area contributed by atoms with Gasteiger partial charge in [-0.3, -0.25) is 14.2 Å². The summed E-state index contributed by atoms with van der Waals surface area (Å²) in [7, 11) is 1.16. The Hall–Kier alpha value is -3.07. The average molecular weight is 1140 g/mol. The zero-order valence-corrected chi connectivity index (χ0v) is 53.7. The van der Waals surface area contributed by atoms with Crippen LogP contribution in [0.5, 0.6) is 0 Å². The van der Waals surface area contributed by atoms with Crippen LogP contribution in [-0.2, 0) is 27.9 Å². The van der Waals surface area contributed by atoms with Gasteiger partial charge in [-0.05, 0) is 109 Å². The van der Waals surface area contributed by atoms with Gasteiger partial charge in [-0.2, -0.15) is 0 Å². The van der Waals surface area contributed by atoms with Crippen molar-refractivity contribution in [3.05, 3.63) is 97.2 Å². The molecule has 3 atom stereocenters. The predicted molar refractivity (Wildman–Crippen MR) is 344 cm³/mol. The van der Waals surface area contributed by atoms with Gasteiger partial charge >= 0.3 is 5.97 Å². The van der Waals surface area contributed by atoms with Gasteiger partial charge in [0.15, 0.2) is 0 Å². The van der Waals surface area contributed by atoms with Crippen LogP contribution in [0.15, 0.2) is 97.2 Å². The highest BCUT2D eigenvalue weighted by atomic mass is 31.2. The number of ether oxygens (including phenoxy) is 1. The van der Waals surface area contributed by atoms with Crippen LogP contribution in [0, 0.1) is 0 Å². The minimum atomic E-state index is -4.71. The van der Waals surface area contributed by atoms with Gasteiger partial charge in [0.2, 0.25) is 5.91 Å². The first-order valence-electron chi connectivity index (χ1n) is 33.0. The molecule has 0 aromatic heterocycles. The molecule has 0 aliphatic rings. The van der Waals surface area contributed by atoms with Crippen LogP contribution >= 0.6 is 7.82 Å². The second kappa shape index (κ2) is 59.1. The van der Waals surface area contributed by atoms with Crippen molar-refractivity contribution in [3.63, 3.8) is 0 Å². The average Bonchev–Trinajstić information content (AvgIpc) is 3.43. The maximum atomic E-state index is 13.6. The largest absolute Gasteiger partial charge is 0.756 e. The number of nitrogens with one attached hydrogen (secondary N) is 1. The Bertz CT molecular complexity index is 1690. The van der Waals surface area contributed by atoms with Crippen molar-refractivity contribution >= 4 is 19.7 Å². The number of rotatable bonds is 59. The lowest BCUT2D eigenvalue weighted by Crippen LogP contribution is -2.47. The van der Waals surface area contributed by atoms with E-state index in [-0.39, 0.29) is 24.9 Å². The normalized spacial score (nSPS) is 14.2. The van der Waals surface area contributed by atoms with E-state index in [9.17, 15) is 19.0 Å². The number of hydrogen-bond donors (Lipinski definition) is 1. The van der Waals surface area contributed by atoms with Crippen LogP contribution in [0.25, 0.3) is 0 Å². The number of nitrogens with zero attached hydrogens (tertiary/aromatic N) is 1. The SMILES string of the molecule is CC/C=C\C/C=C\C/C=C\C/C=C\C/C=C\C/C=C\CCCCCCC(=O)OC(/C=C/CCCCCCCCCCCC)C(COP(=O)([O-])OCC[N+](C)(C)C)NC(=O)CCCCCCCCCCC/C=C/CCCCCCCC. The molecule has 0 fully saturated rings. The summed E-state index contributed by atoms with van der Waals surface area (Å²) in [6, 6.07) is -0.906. The van der Waals surface area contributed by atoms with Gasteiger partial charge in [-0.1, -0.05) is 260 Å². The molecule has 0 heterocycles. The van der Waals surface area contributed by atoms with Gasteiger partial charge in [-0.25, -0.2) is 0 Å². The molecule has 0 aliphatic carbocycles. The molecule has 0 aliphatic heterocycles. The molecule has 80 heavy (non-hydrogen) atoms. The van der Waals surface area contributed by atoms with E-state index in [1.54, 1.807) is 0 Å². The second-order valence-corrected chi connectivity index (χ2v) is 24.6. The van der Waals surface area contributed by atoms with Crippen molar-refractivity contribution in [2.45, 2.75) is 296 Å². The van der Waals surface area contributed by atoms with Crippen molar-refractivity contribution in [1.82, 2.24) is 5.32 Å². The van der Waals surface area contributed by atoms with Gasteiger partial charge in [0.25, 0.3) is 7.82 Å². The molecular formula is C70H125N2O7P. The fourth-order valence-electron chi connectivity index (χ4n) is 9.17. The zero-order chi connectivity index (χ0) is 58.6. The van der Waals surface area contributed by atoms with E-state index in [2.05, 4.69) is 111 Å². The van der Waals surface area contributed by atoms with Crippen LogP contribution in [0.2, 0.25) is 0 Å². The van der Waals surface area contributed by atoms with E-state index in [0.29, 0.717) is 23.9 Å². The third-order valence-electron chi connectivity index (χ3n) is 14.2. The highest BCUT2D eigenvalue weighted by molar-refractivity contribution is 7.45. The Kier molecular flexibility index (Phi) is 56.8. The molecule has 462 valence electrons. The monoisotopic (exact) mass is 1140 g/mol. The van der Waals surface area contributed by atoms with Crippen molar-refractivity contribution < 1.29 is 37.3 Å². The third-order valence-corrected chi connectivity index (χ3v) is 15.2. The minimum Gasteiger partial charge on any atom is -0.756 e. The summed E-state index contributed by atoms with van der Waals surface area (Å²) in [6.45, 7) is 6.71. The molecule has 1 N–H and O–H groups in total. The maximum Gasteiger partial charge on any atom is 0.306 e. The number of quaternary nitrogens is 1. The number of carbonyl (C=O) groups is 2. The van der Waals surface area contributed by atoms with E-state index < -0.39 is 26.6 Å².